The van der Waals surface area contributed by atoms with Gasteiger partial charge in [0.15, 0.2) is 10.9 Å². The highest BCUT2D eigenvalue weighted by atomic mass is 35.5. The molecule has 0 saturated carbocycles. The maximum Gasteiger partial charge on any atom is 0.273 e. The molecule has 11 heteroatoms. The van der Waals surface area contributed by atoms with Gasteiger partial charge in [-0.05, 0) is 48.4 Å². The van der Waals surface area contributed by atoms with E-state index in [0.717, 1.165) is 11.3 Å². The summed E-state index contributed by atoms with van der Waals surface area (Å²) in [6.45, 7) is 0.440. The summed E-state index contributed by atoms with van der Waals surface area (Å²) >= 11 is 13.7. The van der Waals surface area contributed by atoms with Crippen LogP contribution < -0.4 is 10.1 Å². The topological polar surface area (TPSA) is 94.8 Å². The number of benzene rings is 2. The first-order valence-electron chi connectivity index (χ1n) is 10.3. The normalized spacial score (nSPS) is 10.8. The van der Waals surface area contributed by atoms with Gasteiger partial charge in [0.25, 0.3) is 5.91 Å². The van der Waals surface area contributed by atoms with E-state index in [2.05, 4.69) is 25.6 Å². The van der Waals surface area contributed by atoms with Crippen LogP contribution in [0.5, 0.6) is 5.75 Å². The molecular weight excluding hydrogens is 495 g/mol. The first-order chi connectivity index (χ1) is 16.5. The van der Waals surface area contributed by atoms with E-state index in [1.807, 2.05) is 24.3 Å². The van der Waals surface area contributed by atoms with E-state index in [-0.39, 0.29) is 11.6 Å². The van der Waals surface area contributed by atoms with E-state index >= 15 is 0 Å². The minimum absolute atomic E-state index is 0.217. The lowest BCUT2D eigenvalue weighted by molar-refractivity contribution is 0.0948. The van der Waals surface area contributed by atoms with Crippen molar-refractivity contribution >= 4 is 40.9 Å². The molecule has 2 aromatic heterocycles. The molecule has 34 heavy (non-hydrogen) atoms. The van der Waals surface area contributed by atoms with E-state index in [4.69, 9.17) is 27.9 Å². The number of hydrogen-bond acceptors (Lipinski definition) is 7. The molecule has 0 bridgehead atoms. The van der Waals surface area contributed by atoms with Crippen LogP contribution in [-0.4, -0.2) is 44.5 Å². The van der Waals surface area contributed by atoms with Gasteiger partial charge in [-0.1, -0.05) is 52.3 Å². The molecule has 0 aliphatic rings. The van der Waals surface area contributed by atoms with Crippen molar-refractivity contribution in [1.82, 2.24) is 30.3 Å². The number of amides is 1. The largest absolute Gasteiger partial charge is 0.497 e. The molecule has 0 aliphatic carbocycles. The molecule has 0 fully saturated rings. The van der Waals surface area contributed by atoms with Crippen molar-refractivity contribution < 1.29 is 9.53 Å². The smallest absolute Gasteiger partial charge is 0.273 e. The summed E-state index contributed by atoms with van der Waals surface area (Å²) < 4.78 is 6.74. The zero-order valence-corrected chi connectivity index (χ0v) is 20.4. The average molecular weight is 515 g/mol. The Morgan fingerprint density at radius 3 is 2.47 bits per heavy atom. The third-order valence-corrected chi connectivity index (χ3v) is 6.13. The predicted molar refractivity (Wildman–Crippen MR) is 132 cm³/mol. The van der Waals surface area contributed by atoms with Crippen LogP contribution >= 0.6 is 35.0 Å². The van der Waals surface area contributed by atoms with Crippen molar-refractivity contribution in [3.8, 4) is 11.4 Å². The highest BCUT2D eigenvalue weighted by Crippen LogP contribution is 2.26. The number of methoxy groups -OCH3 is 1. The lowest BCUT2D eigenvalue weighted by atomic mass is 10.1. The molecule has 0 radical (unpaired) electrons. The second-order valence-electron chi connectivity index (χ2n) is 7.10. The summed E-state index contributed by atoms with van der Waals surface area (Å²) in [6.07, 6.45) is 3.98. The van der Waals surface area contributed by atoms with Gasteiger partial charge in [-0.3, -0.25) is 4.79 Å². The van der Waals surface area contributed by atoms with Crippen molar-refractivity contribution in [3.63, 3.8) is 0 Å². The SMILES string of the molecule is COc1ccc(CCNC(=O)c2nnn(-c3cc(Cl)cc(Cl)c3)c2CSc2ncccn2)cc1. The van der Waals surface area contributed by atoms with Gasteiger partial charge in [0.2, 0.25) is 0 Å². The third-order valence-electron chi connectivity index (χ3n) is 4.81. The van der Waals surface area contributed by atoms with E-state index in [1.54, 1.807) is 48.5 Å². The van der Waals surface area contributed by atoms with Gasteiger partial charge in [0, 0.05) is 34.7 Å². The Hall–Kier alpha value is -3.14. The van der Waals surface area contributed by atoms with Crippen LogP contribution in [0.3, 0.4) is 0 Å². The number of carbonyl (C=O) groups is 1. The summed E-state index contributed by atoms with van der Waals surface area (Å²) in [7, 11) is 1.62. The minimum atomic E-state index is -0.322. The molecule has 0 saturated heterocycles. The molecule has 0 unspecified atom stereocenters. The number of hydrogen-bond donors (Lipinski definition) is 1. The van der Waals surface area contributed by atoms with Crippen LogP contribution in [0.25, 0.3) is 5.69 Å². The summed E-state index contributed by atoms with van der Waals surface area (Å²) in [6, 6.07) is 14.5. The van der Waals surface area contributed by atoms with Crippen molar-refractivity contribution in [1.29, 1.82) is 0 Å². The second-order valence-corrected chi connectivity index (χ2v) is 8.91. The lowest BCUT2D eigenvalue weighted by Gasteiger charge is -2.09. The van der Waals surface area contributed by atoms with Crippen LogP contribution in [0.1, 0.15) is 21.7 Å². The summed E-state index contributed by atoms with van der Waals surface area (Å²) in [4.78, 5) is 21.5. The molecule has 4 aromatic rings. The molecule has 0 aliphatic heterocycles. The van der Waals surface area contributed by atoms with Gasteiger partial charge in [0.05, 0.1) is 18.5 Å². The Kier molecular flexibility index (Phi) is 7.99. The van der Waals surface area contributed by atoms with E-state index in [9.17, 15) is 4.79 Å². The summed E-state index contributed by atoms with van der Waals surface area (Å²) in [5.41, 5.74) is 2.48. The van der Waals surface area contributed by atoms with E-state index in [1.165, 1.54) is 11.8 Å². The van der Waals surface area contributed by atoms with Crippen molar-refractivity contribution in [2.24, 2.45) is 0 Å². The zero-order valence-electron chi connectivity index (χ0n) is 18.1. The van der Waals surface area contributed by atoms with Gasteiger partial charge in [-0.25, -0.2) is 14.6 Å². The van der Waals surface area contributed by atoms with Gasteiger partial charge < -0.3 is 10.1 Å². The fourth-order valence-corrected chi connectivity index (χ4v) is 4.48. The Morgan fingerprint density at radius 1 is 1.09 bits per heavy atom. The van der Waals surface area contributed by atoms with Crippen LogP contribution in [0.4, 0.5) is 0 Å². The molecule has 1 N–H and O–H groups in total. The lowest BCUT2D eigenvalue weighted by Crippen LogP contribution is -2.27. The number of carbonyl (C=O) groups excluding carboxylic acids is 1. The Bertz CT molecular complexity index is 1250. The maximum atomic E-state index is 13.0. The van der Waals surface area contributed by atoms with E-state index in [0.29, 0.717) is 45.3 Å². The molecule has 2 aromatic carbocycles. The van der Waals surface area contributed by atoms with Crippen molar-refractivity contribution in [3.05, 3.63) is 87.9 Å². The summed E-state index contributed by atoms with van der Waals surface area (Å²) in [5, 5.41) is 12.8. The van der Waals surface area contributed by atoms with Crippen molar-refractivity contribution in [2.75, 3.05) is 13.7 Å². The van der Waals surface area contributed by atoms with Crippen LogP contribution in [0.2, 0.25) is 10.0 Å². The Morgan fingerprint density at radius 2 is 1.79 bits per heavy atom. The van der Waals surface area contributed by atoms with Gasteiger partial charge in [0.1, 0.15) is 5.75 Å². The first-order valence-corrected chi connectivity index (χ1v) is 12.0. The molecule has 8 nitrogen and oxygen atoms in total. The highest BCUT2D eigenvalue weighted by Gasteiger charge is 2.21. The van der Waals surface area contributed by atoms with Crippen LogP contribution in [0, 0.1) is 0 Å². The standard InChI is InChI=1S/C23H20Cl2N6O2S/c1-33-19-5-3-15(4-6-19)7-10-26-22(32)21-20(14-34-23-27-8-2-9-28-23)31(30-29-21)18-12-16(24)11-17(25)13-18/h2-6,8-9,11-13H,7,10,14H2,1H3,(H,26,32). The monoisotopic (exact) mass is 514 g/mol. The van der Waals surface area contributed by atoms with Crippen LogP contribution in [-0.2, 0) is 12.2 Å². The molecule has 0 spiro atoms. The first kappa shape index (κ1) is 24.0. The number of ether oxygens (including phenoxy) is 1. The van der Waals surface area contributed by atoms with Crippen LogP contribution in [0.15, 0.2) is 66.1 Å². The number of nitrogens with one attached hydrogen (secondary N) is 1. The Balaban J connectivity index is 1.53. The van der Waals surface area contributed by atoms with E-state index < -0.39 is 0 Å². The minimum Gasteiger partial charge on any atom is -0.497 e. The zero-order chi connectivity index (χ0) is 23.9. The predicted octanol–water partition coefficient (Wildman–Crippen LogP) is 4.64. The Labute approximate surface area is 210 Å². The van der Waals surface area contributed by atoms with Gasteiger partial charge >= 0.3 is 0 Å². The molecule has 4 rings (SSSR count). The second kappa shape index (κ2) is 11.3. The quantitative estimate of drug-likeness (QED) is 0.256. The molecule has 174 valence electrons. The van der Waals surface area contributed by atoms with Gasteiger partial charge in [-0.2, -0.15) is 0 Å². The summed E-state index contributed by atoms with van der Waals surface area (Å²) in [5.74, 6) is 0.829. The number of aromatic nitrogens is 5. The number of halogens is 2. The molecular formula is C23H20Cl2N6O2S. The third kappa shape index (κ3) is 6.05. The maximum absolute atomic E-state index is 13.0. The fraction of sp³-hybridized carbons (Fsp3) is 0.174. The molecule has 1 amide bonds. The number of nitrogens with zero attached hydrogens (tertiary/aromatic N) is 5. The van der Waals surface area contributed by atoms with Gasteiger partial charge in [-0.15, -0.1) is 5.10 Å². The molecule has 0 atom stereocenters. The highest BCUT2D eigenvalue weighted by molar-refractivity contribution is 7.98. The number of thioether (sulfide) groups is 1. The number of rotatable bonds is 9. The van der Waals surface area contributed by atoms with Crippen molar-refractivity contribution in [2.45, 2.75) is 17.3 Å². The average Bonchev–Trinajstić information content (AvgIpc) is 3.27. The fourth-order valence-electron chi connectivity index (χ4n) is 3.17. The molecule has 2 heterocycles.